The highest BCUT2D eigenvalue weighted by molar-refractivity contribution is 5.61. The van der Waals surface area contributed by atoms with Gasteiger partial charge in [-0.1, -0.05) is 6.92 Å². The first-order chi connectivity index (χ1) is 5.69. The van der Waals surface area contributed by atoms with Crippen molar-refractivity contribution >= 4 is 5.69 Å². The van der Waals surface area contributed by atoms with Gasteiger partial charge in [0.15, 0.2) is 0 Å². The molecule has 0 spiro atoms. The van der Waals surface area contributed by atoms with Crippen LogP contribution in [-0.2, 0) is 6.42 Å². The Hall–Kier alpha value is -1.69. The zero-order valence-corrected chi connectivity index (χ0v) is 6.83. The van der Waals surface area contributed by atoms with Crippen molar-refractivity contribution in [3.05, 3.63) is 23.3 Å². The molecule has 0 bridgehead atoms. The summed E-state index contributed by atoms with van der Waals surface area (Å²) in [6, 6.07) is 5.01. The maximum Gasteiger partial charge on any atom is 0.140 e. The van der Waals surface area contributed by atoms with E-state index >= 15 is 0 Å². The van der Waals surface area contributed by atoms with E-state index in [1.165, 1.54) is 6.07 Å². The number of benzene rings is 1. The quantitative estimate of drug-likeness (QED) is 0.484. The van der Waals surface area contributed by atoms with Crippen molar-refractivity contribution in [1.82, 2.24) is 0 Å². The molecule has 0 unspecified atom stereocenters. The molecule has 1 rings (SSSR count). The summed E-state index contributed by atoms with van der Waals surface area (Å²) < 4.78 is 0. The minimum Gasteiger partial charge on any atom is -0.506 e. The number of nitrogens with zero attached hydrogens (tertiary/aromatic N) is 1. The van der Waals surface area contributed by atoms with E-state index in [2.05, 4.69) is 0 Å². The molecular weight excluding hydrogens is 152 g/mol. The molecule has 0 amide bonds. The van der Waals surface area contributed by atoms with Gasteiger partial charge in [0.1, 0.15) is 5.75 Å². The minimum absolute atomic E-state index is 0.00843. The summed E-state index contributed by atoms with van der Waals surface area (Å²) in [5.74, 6) is -0.00843. The van der Waals surface area contributed by atoms with Crippen LogP contribution >= 0.6 is 0 Å². The van der Waals surface area contributed by atoms with E-state index in [1.807, 2.05) is 13.0 Å². The molecule has 62 valence electrons. The molecule has 3 nitrogen and oxygen atoms in total. The third-order valence-electron chi connectivity index (χ3n) is 1.75. The van der Waals surface area contributed by atoms with Crippen LogP contribution < -0.4 is 5.73 Å². The molecule has 0 saturated heterocycles. The first kappa shape index (κ1) is 8.41. The molecule has 0 aliphatic heterocycles. The lowest BCUT2D eigenvalue weighted by molar-refractivity contribution is 0.477. The second kappa shape index (κ2) is 3.14. The SMILES string of the molecule is CCc1cc(C#N)cc(O)c1N. The van der Waals surface area contributed by atoms with Crippen LogP contribution in [0.3, 0.4) is 0 Å². The van der Waals surface area contributed by atoms with Gasteiger partial charge in [-0.05, 0) is 24.1 Å². The Labute approximate surface area is 71.1 Å². The predicted molar refractivity (Wildman–Crippen MR) is 46.6 cm³/mol. The van der Waals surface area contributed by atoms with Gasteiger partial charge in [-0.15, -0.1) is 0 Å². The summed E-state index contributed by atoms with van der Waals surface area (Å²) in [6.07, 6.45) is 0.717. The summed E-state index contributed by atoms with van der Waals surface area (Å²) in [5.41, 5.74) is 7.18. The van der Waals surface area contributed by atoms with E-state index in [0.717, 1.165) is 12.0 Å². The number of nitriles is 1. The molecule has 1 aromatic rings. The topological polar surface area (TPSA) is 70.0 Å². The fraction of sp³-hybridized carbons (Fsp3) is 0.222. The number of phenols is 1. The average molecular weight is 162 g/mol. The number of hydrogen-bond donors (Lipinski definition) is 2. The highest BCUT2D eigenvalue weighted by Gasteiger charge is 2.04. The van der Waals surface area contributed by atoms with Crippen LogP contribution in [0.15, 0.2) is 12.1 Å². The van der Waals surface area contributed by atoms with Gasteiger partial charge in [0.05, 0.1) is 17.3 Å². The normalized spacial score (nSPS) is 9.33. The summed E-state index contributed by atoms with van der Waals surface area (Å²) in [7, 11) is 0. The van der Waals surface area contributed by atoms with E-state index in [9.17, 15) is 5.11 Å². The standard InChI is InChI=1S/C9H10N2O/c1-2-7-3-6(5-10)4-8(12)9(7)11/h3-4,12H,2,11H2,1H3. The number of anilines is 1. The molecule has 0 saturated carbocycles. The van der Waals surface area contributed by atoms with Crippen LogP contribution in [-0.4, -0.2) is 5.11 Å². The first-order valence-corrected chi connectivity index (χ1v) is 3.70. The van der Waals surface area contributed by atoms with E-state index in [1.54, 1.807) is 6.07 Å². The molecule has 1 aromatic carbocycles. The maximum absolute atomic E-state index is 9.27. The molecular formula is C9H10N2O. The number of phenolic OH excluding ortho intramolecular Hbond substituents is 1. The molecule has 0 aliphatic carbocycles. The third kappa shape index (κ3) is 1.32. The molecule has 3 N–H and O–H groups in total. The molecule has 12 heavy (non-hydrogen) atoms. The van der Waals surface area contributed by atoms with Crippen molar-refractivity contribution in [3.8, 4) is 11.8 Å². The van der Waals surface area contributed by atoms with Crippen molar-refractivity contribution in [2.24, 2.45) is 0 Å². The zero-order valence-electron chi connectivity index (χ0n) is 6.83. The zero-order chi connectivity index (χ0) is 9.14. The number of aromatic hydroxyl groups is 1. The molecule has 0 aliphatic rings. The number of nitrogens with two attached hydrogens (primary N) is 1. The lowest BCUT2D eigenvalue weighted by atomic mass is 10.1. The molecule has 0 aromatic heterocycles. The molecule has 0 radical (unpaired) electrons. The van der Waals surface area contributed by atoms with Crippen molar-refractivity contribution in [3.63, 3.8) is 0 Å². The van der Waals surface area contributed by atoms with Crippen molar-refractivity contribution in [2.45, 2.75) is 13.3 Å². The largest absolute Gasteiger partial charge is 0.506 e. The number of hydrogen-bond acceptors (Lipinski definition) is 3. The van der Waals surface area contributed by atoms with E-state index in [4.69, 9.17) is 11.0 Å². The van der Waals surface area contributed by atoms with E-state index in [-0.39, 0.29) is 5.75 Å². The van der Waals surface area contributed by atoms with Crippen molar-refractivity contribution < 1.29 is 5.11 Å². The van der Waals surface area contributed by atoms with Gasteiger partial charge in [-0.25, -0.2) is 0 Å². The lowest BCUT2D eigenvalue weighted by Crippen LogP contribution is -1.94. The fourth-order valence-corrected chi connectivity index (χ4v) is 1.05. The summed E-state index contributed by atoms with van der Waals surface area (Å²) in [4.78, 5) is 0. The van der Waals surface area contributed by atoms with Gasteiger partial charge in [0.25, 0.3) is 0 Å². The van der Waals surface area contributed by atoms with Gasteiger partial charge >= 0.3 is 0 Å². The predicted octanol–water partition coefficient (Wildman–Crippen LogP) is 1.41. The van der Waals surface area contributed by atoms with Gasteiger partial charge in [0, 0.05) is 0 Å². The Bertz CT molecular complexity index is 339. The third-order valence-corrected chi connectivity index (χ3v) is 1.75. The molecule has 0 heterocycles. The van der Waals surface area contributed by atoms with Gasteiger partial charge < -0.3 is 10.8 Å². The van der Waals surface area contributed by atoms with Crippen LogP contribution in [0, 0.1) is 11.3 Å². The second-order valence-electron chi connectivity index (χ2n) is 2.53. The van der Waals surface area contributed by atoms with Crippen LogP contribution in [0.1, 0.15) is 18.1 Å². The highest BCUT2D eigenvalue weighted by Crippen LogP contribution is 2.25. The first-order valence-electron chi connectivity index (χ1n) is 3.70. The Balaban J connectivity index is 3.31. The molecule has 3 heteroatoms. The lowest BCUT2D eigenvalue weighted by Gasteiger charge is -2.04. The number of aryl methyl sites for hydroxylation is 1. The van der Waals surface area contributed by atoms with E-state index < -0.39 is 0 Å². The Morgan fingerprint density at radius 1 is 1.58 bits per heavy atom. The summed E-state index contributed by atoms with van der Waals surface area (Å²) in [6.45, 7) is 1.92. The average Bonchev–Trinajstić information content (AvgIpc) is 2.09. The van der Waals surface area contributed by atoms with Crippen LogP contribution in [0.25, 0.3) is 0 Å². The second-order valence-corrected chi connectivity index (χ2v) is 2.53. The van der Waals surface area contributed by atoms with Crippen LogP contribution in [0.5, 0.6) is 5.75 Å². The highest BCUT2D eigenvalue weighted by atomic mass is 16.3. The van der Waals surface area contributed by atoms with Gasteiger partial charge in [0.2, 0.25) is 0 Å². The van der Waals surface area contributed by atoms with E-state index in [0.29, 0.717) is 11.3 Å². The monoisotopic (exact) mass is 162 g/mol. The number of rotatable bonds is 1. The molecule has 0 atom stereocenters. The Morgan fingerprint density at radius 2 is 2.25 bits per heavy atom. The maximum atomic E-state index is 9.27. The fourth-order valence-electron chi connectivity index (χ4n) is 1.05. The summed E-state index contributed by atoms with van der Waals surface area (Å²) in [5, 5.41) is 17.8. The molecule has 0 fully saturated rings. The van der Waals surface area contributed by atoms with Crippen LogP contribution in [0.2, 0.25) is 0 Å². The van der Waals surface area contributed by atoms with Crippen LogP contribution in [0.4, 0.5) is 5.69 Å². The van der Waals surface area contributed by atoms with Gasteiger partial charge in [-0.2, -0.15) is 5.26 Å². The minimum atomic E-state index is -0.00843. The summed E-state index contributed by atoms with van der Waals surface area (Å²) >= 11 is 0. The number of nitrogen functional groups attached to an aromatic ring is 1. The van der Waals surface area contributed by atoms with Crippen molar-refractivity contribution in [2.75, 3.05) is 5.73 Å². The Morgan fingerprint density at radius 3 is 2.75 bits per heavy atom. The van der Waals surface area contributed by atoms with Crippen molar-refractivity contribution in [1.29, 1.82) is 5.26 Å². The Kier molecular flexibility index (Phi) is 2.20. The van der Waals surface area contributed by atoms with Gasteiger partial charge in [-0.3, -0.25) is 0 Å². The smallest absolute Gasteiger partial charge is 0.140 e.